The summed E-state index contributed by atoms with van der Waals surface area (Å²) in [7, 11) is 0. The summed E-state index contributed by atoms with van der Waals surface area (Å²) in [5, 5.41) is 24.0. The van der Waals surface area contributed by atoms with Gasteiger partial charge in [0.05, 0.1) is 18.3 Å². The molecule has 0 saturated carbocycles. The molecular formula is C4H6N4O3. The monoisotopic (exact) mass is 158 g/mol. The number of nitro groups is 1. The molecule has 1 aromatic rings. The maximum absolute atomic E-state index is 10.2. The third-order valence-corrected chi connectivity index (χ3v) is 1.15. The van der Waals surface area contributed by atoms with Gasteiger partial charge in [0, 0.05) is 0 Å². The van der Waals surface area contributed by atoms with Crippen molar-refractivity contribution in [3.05, 3.63) is 21.9 Å². The van der Waals surface area contributed by atoms with E-state index < -0.39 is 4.92 Å². The largest absolute Gasteiger partial charge is 0.358 e. The first-order valence-electron chi connectivity index (χ1n) is 2.79. The van der Waals surface area contributed by atoms with Gasteiger partial charge in [0.1, 0.15) is 0 Å². The molecule has 3 N–H and O–H groups in total. The Morgan fingerprint density at radius 2 is 2.64 bits per heavy atom. The van der Waals surface area contributed by atoms with Crippen LogP contribution < -0.4 is 5.48 Å². The van der Waals surface area contributed by atoms with Crippen molar-refractivity contribution in [2.75, 3.05) is 0 Å². The Bertz CT molecular complexity index is 258. The van der Waals surface area contributed by atoms with Gasteiger partial charge in [-0.1, -0.05) is 5.10 Å². The number of aromatic nitrogens is 2. The highest BCUT2D eigenvalue weighted by Gasteiger charge is 2.13. The SMILES string of the molecule is O=[N+]([O-])c1[nH]ncc1CNO. The number of rotatable bonds is 3. The standard InChI is InChI=1S/C4H6N4O3/c9-6-2-3-1-5-7-4(3)8(10)11/h1,6,9H,2H2,(H,5,7). The molecule has 0 aliphatic rings. The summed E-state index contributed by atoms with van der Waals surface area (Å²) in [6.45, 7) is 0.00676. The first-order chi connectivity index (χ1) is 5.25. The van der Waals surface area contributed by atoms with E-state index in [4.69, 9.17) is 5.21 Å². The summed E-state index contributed by atoms with van der Waals surface area (Å²) in [6.07, 6.45) is 1.28. The average Bonchev–Trinajstić information content (AvgIpc) is 2.36. The second-order valence-corrected chi connectivity index (χ2v) is 1.84. The van der Waals surface area contributed by atoms with Crippen LogP contribution in [0.2, 0.25) is 0 Å². The number of aromatic amines is 1. The van der Waals surface area contributed by atoms with E-state index in [1.165, 1.54) is 6.20 Å². The lowest BCUT2D eigenvalue weighted by Crippen LogP contribution is -2.07. The fraction of sp³-hybridized carbons (Fsp3) is 0.250. The van der Waals surface area contributed by atoms with Gasteiger partial charge in [0.25, 0.3) is 0 Å². The fourth-order valence-corrected chi connectivity index (χ4v) is 0.677. The number of H-pyrrole nitrogens is 1. The first-order valence-corrected chi connectivity index (χ1v) is 2.79. The Labute approximate surface area is 61.1 Å². The van der Waals surface area contributed by atoms with Crippen LogP contribution in [0.15, 0.2) is 6.20 Å². The zero-order valence-electron chi connectivity index (χ0n) is 5.44. The topological polar surface area (TPSA) is 104 Å². The maximum Gasteiger partial charge on any atom is 0.347 e. The molecule has 1 aromatic heterocycles. The van der Waals surface area contributed by atoms with Crippen molar-refractivity contribution in [3.63, 3.8) is 0 Å². The number of hydrogen-bond acceptors (Lipinski definition) is 5. The Morgan fingerprint density at radius 1 is 1.91 bits per heavy atom. The third kappa shape index (κ3) is 1.51. The first kappa shape index (κ1) is 7.63. The molecule has 0 radical (unpaired) electrons. The summed E-state index contributed by atoms with van der Waals surface area (Å²) in [6, 6.07) is 0. The lowest BCUT2D eigenvalue weighted by atomic mass is 10.3. The molecule has 0 fully saturated rings. The molecule has 0 aliphatic heterocycles. The maximum atomic E-state index is 10.2. The highest BCUT2D eigenvalue weighted by Crippen LogP contribution is 2.12. The lowest BCUT2D eigenvalue weighted by Gasteiger charge is -1.93. The molecule has 0 atom stereocenters. The van der Waals surface area contributed by atoms with Crippen molar-refractivity contribution in [2.45, 2.75) is 6.54 Å². The zero-order valence-corrected chi connectivity index (χ0v) is 5.44. The minimum atomic E-state index is -0.598. The van der Waals surface area contributed by atoms with E-state index >= 15 is 0 Å². The molecule has 7 nitrogen and oxygen atoms in total. The van der Waals surface area contributed by atoms with Crippen LogP contribution >= 0.6 is 0 Å². The minimum Gasteiger partial charge on any atom is -0.358 e. The highest BCUT2D eigenvalue weighted by atomic mass is 16.6. The van der Waals surface area contributed by atoms with Gasteiger partial charge in [-0.25, -0.2) is 5.48 Å². The van der Waals surface area contributed by atoms with Crippen LogP contribution in [-0.4, -0.2) is 20.3 Å². The predicted molar refractivity (Wildman–Crippen MR) is 33.9 cm³/mol. The van der Waals surface area contributed by atoms with Crippen LogP contribution in [0, 0.1) is 10.1 Å². The highest BCUT2D eigenvalue weighted by molar-refractivity contribution is 5.28. The van der Waals surface area contributed by atoms with Crippen LogP contribution in [0.1, 0.15) is 5.56 Å². The third-order valence-electron chi connectivity index (χ3n) is 1.15. The average molecular weight is 158 g/mol. The second kappa shape index (κ2) is 3.08. The van der Waals surface area contributed by atoms with Crippen LogP contribution in [0.5, 0.6) is 0 Å². The van der Waals surface area contributed by atoms with Crippen LogP contribution in [0.4, 0.5) is 5.82 Å². The molecular weight excluding hydrogens is 152 g/mol. The van der Waals surface area contributed by atoms with E-state index in [9.17, 15) is 10.1 Å². The summed E-state index contributed by atoms with van der Waals surface area (Å²) >= 11 is 0. The van der Waals surface area contributed by atoms with E-state index in [0.717, 1.165) is 0 Å². The molecule has 11 heavy (non-hydrogen) atoms. The number of nitrogens with zero attached hydrogens (tertiary/aromatic N) is 2. The molecule has 1 heterocycles. The number of nitrogens with one attached hydrogen (secondary N) is 2. The van der Waals surface area contributed by atoms with Crippen molar-refractivity contribution in [2.24, 2.45) is 0 Å². The quantitative estimate of drug-likeness (QED) is 0.417. The zero-order chi connectivity index (χ0) is 8.27. The summed E-state index contributed by atoms with van der Waals surface area (Å²) in [4.78, 5) is 9.59. The fourth-order valence-electron chi connectivity index (χ4n) is 0.677. The molecule has 7 heteroatoms. The second-order valence-electron chi connectivity index (χ2n) is 1.84. The van der Waals surface area contributed by atoms with Gasteiger partial charge in [0.15, 0.2) is 0 Å². The van der Waals surface area contributed by atoms with Crippen molar-refractivity contribution < 1.29 is 10.1 Å². The van der Waals surface area contributed by atoms with Gasteiger partial charge in [-0.3, -0.25) is 0 Å². The van der Waals surface area contributed by atoms with Crippen molar-refractivity contribution in [1.29, 1.82) is 0 Å². The van der Waals surface area contributed by atoms with E-state index in [1.54, 1.807) is 5.48 Å². The number of hydrogen-bond donors (Lipinski definition) is 3. The van der Waals surface area contributed by atoms with Crippen LogP contribution in [0.25, 0.3) is 0 Å². The van der Waals surface area contributed by atoms with Gasteiger partial charge in [-0.2, -0.15) is 0 Å². The lowest BCUT2D eigenvalue weighted by molar-refractivity contribution is -0.390. The van der Waals surface area contributed by atoms with Gasteiger partial charge in [-0.15, -0.1) is 5.10 Å². The van der Waals surface area contributed by atoms with E-state index in [1.807, 2.05) is 0 Å². The molecule has 0 amide bonds. The predicted octanol–water partition coefficient (Wildman–Crippen LogP) is -0.203. The van der Waals surface area contributed by atoms with Crippen molar-refractivity contribution in [3.8, 4) is 0 Å². The van der Waals surface area contributed by atoms with Crippen molar-refractivity contribution >= 4 is 5.82 Å². The van der Waals surface area contributed by atoms with Gasteiger partial charge in [0.2, 0.25) is 0 Å². The molecule has 0 unspecified atom stereocenters. The van der Waals surface area contributed by atoms with Gasteiger partial charge >= 0.3 is 5.82 Å². The Morgan fingerprint density at radius 3 is 3.18 bits per heavy atom. The Hall–Kier alpha value is -1.47. The van der Waals surface area contributed by atoms with E-state index in [2.05, 4.69) is 10.2 Å². The minimum absolute atomic E-state index is 0.00676. The van der Waals surface area contributed by atoms with Gasteiger partial charge in [-0.05, 0) is 4.92 Å². The summed E-state index contributed by atoms with van der Waals surface area (Å²) in [5.41, 5.74) is 2.12. The smallest absolute Gasteiger partial charge is 0.347 e. The van der Waals surface area contributed by atoms with Crippen LogP contribution in [0.3, 0.4) is 0 Å². The molecule has 60 valence electrons. The molecule has 0 spiro atoms. The Kier molecular flexibility index (Phi) is 2.14. The summed E-state index contributed by atoms with van der Waals surface area (Å²) < 4.78 is 0. The molecule has 0 saturated heterocycles. The van der Waals surface area contributed by atoms with E-state index in [0.29, 0.717) is 5.56 Å². The Balaban J connectivity index is 2.87. The van der Waals surface area contributed by atoms with Gasteiger partial charge < -0.3 is 15.3 Å². The molecule has 0 aromatic carbocycles. The van der Waals surface area contributed by atoms with Crippen molar-refractivity contribution in [1.82, 2.24) is 15.7 Å². The number of hydroxylamine groups is 1. The van der Waals surface area contributed by atoms with Crippen LogP contribution in [-0.2, 0) is 6.54 Å². The summed E-state index contributed by atoms with van der Waals surface area (Å²) in [5.74, 6) is -0.202. The normalized spacial score (nSPS) is 9.91. The molecule has 0 bridgehead atoms. The van der Waals surface area contributed by atoms with E-state index in [-0.39, 0.29) is 12.4 Å². The molecule has 0 aliphatic carbocycles. The molecule has 1 rings (SSSR count).